The van der Waals surface area contributed by atoms with Crippen molar-refractivity contribution in [2.24, 2.45) is 0 Å². The van der Waals surface area contributed by atoms with Gasteiger partial charge in [0.15, 0.2) is 0 Å². The molecule has 0 saturated carbocycles. The molecule has 0 fully saturated rings. The third-order valence-electron chi connectivity index (χ3n) is 10.5. The van der Waals surface area contributed by atoms with Gasteiger partial charge in [0, 0.05) is 22.0 Å². The molecule has 0 bridgehead atoms. The molecule has 0 unspecified atom stereocenters. The van der Waals surface area contributed by atoms with E-state index in [-0.39, 0.29) is 29.7 Å². The Morgan fingerprint density at radius 3 is 1.96 bits per heavy atom. The lowest BCUT2D eigenvalue weighted by Gasteiger charge is -2.19. The topological polar surface area (TPSA) is 31.0 Å². The summed E-state index contributed by atoms with van der Waals surface area (Å²) in [7, 11) is 0. The number of furan rings is 1. The third-order valence-corrected chi connectivity index (χ3v) is 10.5. The van der Waals surface area contributed by atoms with Crippen LogP contribution >= 0.6 is 0 Å². The fourth-order valence-corrected chi connectivity index (χ4v) is 8.16. The van der Waals surface area contributed by atoms with Crippen LogP contribution in [0.2, 0.25) is 0 Å². The van der Waals surface area contributed by atoms with Crippen molar-refractivity contribution in [1.82, 2.24) is 9.55 Å². The van der Waals surface area contributed by atoms with E-state index in [9.17, 15) is 0 Å². The van der Waals surface area contributed by atoms with Crippen LogP contribution in [0.5, 0.6) is 0 Å². The van der Waals surface area contributed by atoms with Gasteiger partial charge >= 0.3 is 0 Å². The summed E-state index contributed by atoms with van der Waals surface area (Å²) >= 11 is 0. The van der Waals surface area contributed by atoms with Crippen LogP contribution in [0.4, 0.5) is 0 Å². The first kappa shape index (κ1) is 25.7. The summed E-state index contributed by atoms with van der Waals surface area (Å²) in [5, 5.41) is 5.91. The van der Waals surface area contributed by atoms with E-state index in [1.165, 1.54) is 0 Å². The second-order valence-electron chi connectivity index (χ2n) is 13.5. The lowest BCUT2D eigenvalue weighted by Crippen LogP contribution is -1.98. The predicted molar refractivity (Wildman–Crippen MR) is 225 cm³/mol. The molecule has 0 aliphatic heterocycles. The lowest BCUT2D eigenvalue weighted by molar-refractivity contribution is 0.669. The molecule has 0 saturated heterocycles. The lowest BCUT2D eigenvalue weighted by atomic mass is 9.84. The average Bonchev–Trinajstić information content (AvgIpc) is 3.87. The van der Waals surface area contributed by atoms with Crippen LogP contribution < -0.4 is 0 Å². The molecular weight excluding hydrogens is 657 g/mol. The van der Waals surface area contributed by atoms with Crippen LogP contribution in [0.25, 0.3) is 105 Å². The van der Waals surface area contributed by atoms with Gasteiger partial charge in [0.05, 0.1) is 17.9 Å². The molecule has 54 heavy (non-hydrogen) atoms. The minimum Gasteiger partial charge on any atom is -0.456 e. The van der Waals surface area contributed by atoms with Gasteiger partial charge < -0.3 is 4.42 Å². The monoisotopic (exact) mass is 693 g/mol. The molecule has 3 nitrogen and oxygen atoms in total. The zero-order valence-corrected chi connectivity index (χ0v) is 28.9. The number of nitrogens with zero attached hydrogens (tertiary/aromatic N) is 2. The number of imidazole rings is 1. The third kappa shape index (κ3) is 4.72. The zero-order valence-electron chi connectivity index (χ0n) is 33.9. The van der Waals surface area contributed by atoms with Gasteiger partial charge in [-0.1, -0.05) is 152 Å². The van der Waals surface area contributed by atoms with Crippen LogP contribution in [0.15, 0.2) is 198 Å². The smallest absolute Gasteiger partial charge is 0.145 e. The van der Waals surface area contributed by atoms with E-state index in [4.69, 9.17) is 16.3 Å². The van der Waals surface area contributed by atoms with Crippen molar-refractivity contribution in [2.45, 2.75) is 0 Å². The molecule has 0 amide bonds. The summed E-state index contributed by atoms with van der Waals surface area (Å²) in [5.74, 6) is 0.862. The molecule has 0 spiro atoms. The second kappa shape index (κ2) is 12.2. The Labute approximate surface area is 319 Å². The van der Waals surface area contributed by atoms with Crippen molar-refractivity contribution < 1.29 is 11.3 Å². The van der Waals surface area contributed by atoms with Crippen molar-refractivity contribution in [3.05, 3.63) is 194 Å². The van der Waals surface area contributed by atoms with Gasteiger partial charge in [-0.3, -0.25) is 4.57 Å². The maximum absolute atomic E-state index is 8.89. The fraction of sp³-hybridized carbons (Fsp3) is 0. The molecule has 2 aromatic heterocycles. The SMILES string of the molecule is [2H]c1c([2H])c([2H])c(-c2ccc3c(-c4ccc(-n5c(-c6ccccc6)nc6ccccc65)cc4)c4ccccc4c(-c4cccc5oc6ccccc6c45)c3c2)c([2H])c1[2H]. The van der Waals surface area contributed by atoms with Crippen molar-refractivity contribution >= 4 is 54.5 Å². The Kier molecular flexibility index (Phi) is 5.79. The molecule has 0 atom stereocenters. The molecule has 0 aliphatic rings. The van der Waals surface area contributed by atoms with Crippen molar-refractivity contribution in [3.8, 4) is 50.5 Å². The van der Waals surface area contributed by atoms with E-state index in [1.54, 1.807) is 0 Å². The molecule has 11 rings (SSSR count). The van der Waals surface area contributed by atoms with Gasteiger partial charge in [-0.2, -0.15) is 0 Å². The van der Waals surface area contributed by atoms with Gasteiger partial charge in [-0.05, 0) is 97.4 Å². The average molecular weight is 694 g/mol. The Hall–Kier alpha value is -7.23. The van der Waals surface area contributed by atoms with E-state index >= 15 is 0 Å². The number of hydrogen-bond acceptors (Lipinski definition) is 2. The molecule has 0 N–H and O–H groups in total. The summed E-state index contributed by atoms with van der Waals surface area (Å²) in [4.78, 5) is 5.05. The molecule has 0 aliphatic carbocycles. The van der Waals surface area contributed by atoms with E-state index in [1.807, 2.05) is 91.0 Å². The largest absolute Gasteiger partial charge is 0.456 e. The maximum Gasteiger partial charge on any atom is 0.145 e. The number of para-hydroxylation sites is 3. The van der Waals surface area contributed by atoms with E-state index < -0.39 is 6.04 Å². The minimum atomic E-state index is -0.417. The number of aromatic nitrogens is 2. The van der Waals surface area contributed by atoms with E-state index in [0.29, 0.717) is 5.56 Å². The quantitative estimate of drug-likeness (QED) is 0.168. The van der Waals surface area contributed by atoms with Crippen LogP contribution in [-0.2, 0) is 0 Å². The summed E-state index contributed by atoms with van der Waals surface area (Å²) in [5.41, 5.74) is 10.2. The maximum atomic E-state index is 8.89. The van der Waals surface area contributed by atoms with E-state index in [0.717, 1.165) is 93.8 Å². The number of hydrogen-bond donors (Lipinski definition) is 0. The number of rotatable bonds is 5. The Bertz CT molecular complexity index is 3470. The highest BCUT2D eigenvalue weighted by Crippen LogP contribution is 2.48. The van der Waals surface area contributed by atoms with Gasteiger partial charge in [0.2, 0.25) is 0 Å². The van der Waals surface area contributed by atoms with Gasteiger partial charge in [-0.25, -0.2) is 4.98 Å². The first-order valence-corrected chi connectivity index (χ1v) is 18.0. The fourth-order valence-electron chi connectivity index (χ4n) is 8.16. The van der Waals surface area contributed by atoms with Gasteiger partial charge in [0.1, 0.15) is 17.0 Å². The molecule has 3 heteroatoms. The molecule has 11 aromatic rings. The highest BCUT2D eigenvalue weighted by Gasteiger charge is 2.21. The summed E-state index contributed by atoms with van der Waals surface area (Å²) < 4.78 is 51.6. The van der Waals surface area contributed by atoms with Crippen LogP contribution in [0, 0.1) is 0 Å². The Morgan fingerprint density at radius 2 is 1.13 bits per heavy atom. The van der Waals surface area contributed by atoms with Crippen molar-refractivity contribution in [2.75, 3.05) is 0 Å². The molecule has 252 valence electrons. The van der Waals surface area contributed by atoms with Crippen molar-refractivity contribution in [1.29, 1.82) is 0 Å². The van der Waals surface area contributed by atoms with Gasteiger partial charge in [-0.15, -0.1) is 0 Å². The molecular formula is C51H32N2O. The molecule has 2 heterocycles. The van der Waals surface area contributed by atoms with Crippen LogP contribution in [0.1, 0.15) is 6.85 Å². The highest BCUT2D eigenvalue weighted by atomic mass is 16.3. The van der Waals surface area contributed by atoms with Crippen LogP contribution in [-0.4, -0.2) is 9.55 Å². The van der Waals surface area contributed by atoms with Crippen LogP contribution in [0.3, 0.4) is 0 Å². The normalized spacial score (nSPS) is 13.0. The summed E-state index contributed by atoms with van der Waals surface area (Å²) in [6, 6.07) is 53.9. The van der Waals surface area contributed by atoms with Gasteiger partial charge in [0.25, 0.3) is 0 Å². The standard InChI is InChI=1S/C51H32N2O/c1-3-14-33(15-4-1)36-28-31-40-43(32-36)49(42-21-13-25-47-50(42)41-20-9-12-24-46(41)54-47)39-19-8-7-18-38(39)48(40)34-26-29-37(30-27-34)53-45-23-11-10-22-44(45)52-51(53)35-16-5-2-6-17-35/h1-32H/i1D,3D,4D,14D,15D. The van der Waals surface area contributed by atoms with E-state index in [2.05, 4.69) is 77.4 Å². The second-order valence-corrected chi connectivity index (χ2v) is 13.5. The molecule has 0 radical (unpaired) electrons. The summed E-state index contributed by atoms with van der Waals surface area (Å²) in [6.45, 7) is 0. The Morgan fingerprint density at radius 1 is 0.463 bits per heavy atom. The molecule has 9 aromatic carbocycles. The number of benzene rings is 9. The first-order chi connectivity index (χ1) is 28.9. The summed E-state index contributed by atoms with van der Waals surface area (Å²) in [6.07, 6.45) is 0. The number of fused-ring (bicyclic) bond motifs is 6. The zero-order chi connectivity index (χ0) is 39.9. The minimum absolute atomic E-state index is 0.164. The van der Waals surface area contributed by atoms with Crippen molar-refractivity contribution in [3.63, 3.8) is 0 Å². The Balaban J connectivity index is 1.21. The highest BCUT2D eigenvalue weighted by molar-refractivity contribution is 6.26. The first-order valence-electron chi connectivity index (χ1n) is 20.5. The predicted octanol–water partition coefficient (Wildman–Crippen LogP) is 13.9.